The van der Waals surface area contributed by atoms with Crippen LogP contribution in [0.2, 0.25) is 0 Å². The molecule has 0 spiro atoms. The Balaban J connectivity index is 0.000000330. The van der Waals surface area contributed by atoms with E-state index in [0.29, 0.717) is 0 Å². The van der Waals surface area contributed by atoms with Gasteiger partial charge in [-0.05, 0) is 24.3 Å². The molecule has 0 saturated carbocycles. The lowest BCUT2D eigenvalue weighted by Crippen LogP contribution is -2.43. The highest BCUT2D eigenvalue weighted by Crippen LogP contribution is 2.28. The Hall–Kier alpha value is -2.82. The third-order valence-corrected chi connectivity index (χ3v) is 5.00. The zero-order valence-electron chi connectivity index (χ0n) is 14.8. The first-order valence-electron chi connectivity index (χ1n) is 8.55. The summed E-state index contributed by atoms with van der Waals surface area (Å²) in [5.74, 6) is -3.86. The van der Waals surface area contributed by atoms with Crippen molar-refractivity contribution in [3.8, 4) is 11.3 Å². The van der Waals surface area contributed by atoms with Gasteiger partial charge in [-0.1, -0.05) is 0 Å². The first kappa shape index (κ1) is 19.9. The fourth-order valence-corrected chi connectivity index (χ4v) is 3.64. The molecule has 0 unspecified atom stereocenters. The molecule has 8 nitrogen and oxygen atoms in total. The molecule has 0 radical (unpaired) electrons. The van der Waals surface area contributed by atoms with Crippen molar-refractivity contribution in [1.82, 2.24) is 19.6 Å². The topological polar surface area (TPSA) is 107 Å². The van der Waals surface area contributed by atoms with Crippen LogP contribution in [0.5, 0.6) is 0 Å². The molecule has 1 saturated heterocycles. The molecule has 1 aliphatic rings. The predicted octanol–water partition coefficient (Wildman–Crippen LogP) is 1.76. The van der Waals surface area contributed by atoms with E-state index < -0.39 is 11.9 Å². The summed E-state index contributed by atoms with van der Waals surface area (Å²) in [6.07, 6.45) is 2.07. The molecule has 0 amide bonds. The summed E-state index contributed by atoms with van der Waals surface area (Å²) < 4.78 is 15.3. The van der Waals surface area contributed by atoms with Crippen molar-refractivity contribution in [2.24, 2.45) is 0 Å². The number of benzene rings is 1. The Bertz CT molecular complexity index is 952. The second-order valence-corrected chi connectivity index (χ2v) is 6.98. The van der Waals surface area contributed by atoms with Gasteiger partial charge in [-0.3, -0.25) is 9.30 Å². The summed E-state index contributed by atoms with van der Waals surface area (Å²) in [5.41, 5.74) is 3.12. The average molecular weight is 406 g/mol. The quantitative estimate of drug-likeness (QED) is 0.569. The number of thiazole rings is 1. The number of aliphatic carboxylic acids is 2. The van der Waals surface area contributed by atoms with Crippen LogP contribution in [0.1, 0.15) is 5.69 Å². The molecule has 0 bridgehead atoms. The van der Waals surface area contributed by atoms with Crippen molar-refractivity contribution in [3.05, 3.63) is 47.4 Å². The summed E-state index contributed by atoms with van der Waals surface area (Å²) in [5, 5.41) is 20.2. The number of imidazole rings is 1. The van der Waals surface area contributed by atoms with Crippen LogP contribution in [0.3, 0.4) is 0 Å². The van der Waals surface area contributed by atoms with Crippen LogP contribution in [-0.2, 0) is 16.1 Å². The highest BCUT2D eigenvalue weighted by molar-refractivity contribution is 7.15. The minimum atomic E-state index is -1.82. The maximum atomic E-state index is 13.2. The lowest BCUT2D eigenvalue weighted by molar-refractivity contribution is -0.159. The number of halogens is 1. The average Bonchev–Trinajstić information content (AvgIpc) is 3.26. The molecular formula is C18H19FN4O4S. The third-order valence-electron chi connectivity index (χ3n) is 4.24. The van der Waals surface area contributed by atoms with E-state index in [1.165, 1.54) is 17.8 Å². The van der Waals surface area contributed by atoms with Gasteiger partial charge >= 0.3 is 11.9 Å². The lowest BCUT2D eigenvalue weighted by Gasteiger charge is -2.27. The van der Waals surface area contributed by atoms with E-state index in [0.717, 1.165) is 48.9 Å². The molecule has 4 rings (SSSR count). The number of hydrogen-bond acceptors (Lipinski definition) is 6. The van der Waals surface area contributed by atoms with Crippen LogP contribution in [-0.4, -0.2) is 62.6 Å². The smallest absolute Gasteiger partial charge is 0.414 e. The van der Waals surface area contributed by atoms with E-state index in [9.17, 15) is 4.39 Å². The van der Waals surface area contributed by atoms with Crippen molar-refractivity contribution in [3.63, 3.8) is 0 Å². The number of fused-ring (bicyclic) bond motifs is 1. The van der Waals surface area contributed by atoms with Gasteiger partial charge in [-0.25, -0.2) is 19.0 Å². The zero-order chi connectivity index (χ0) is 20.1. The summed E-state index contributed by atoms with van der Waals surface area (Å²) in [6.45, 7) is 5.00. The predicted molar refractivity (Wildman–Crippen MR) is 102 cm³/mol. The highest BCUT2D eigenvalue weighted by Gasteiger charge is 2.19. The van der Waals surface area contributed by atoms with Crippen molar-refractivity contribution in [2.45, 2.75) is 6.54 Å². The minimum absolute atomic E-state index is 0.214. The van der Waals surface area contributed by atoms with Crippen LogP contribution in [0.4, 0.5) is 4.39 Å². The zero-order valence-corrected chi connectivity index (χ0v) is 15.7. The molecule has 10 heteroatoms. The van der Waals surface area contributed by atoms with Gasteiger partial charge in [0.25, 0.3) is 0 Å². The van der Waals surface area contributed by atoms with Gasteiger partial charge in [0.1, 0.15) is 5.82 Å². The normalized spacial score (nSPS) is 14.5. The van der Waals surface area contributed by atoms with E-state index >= 15 is 0 Å². The second kappa shape index (κ2) is 8.91. The summed E-state index contributed by atoms with van der Waals surface area (Å²) >= 11 is 1.63. The van der Waals surface area contributed by atoms with Gasteiger partial charge < -0.3 is 15.5 Å². The van der Waals surface area contributed by atoms with Crippen molar-refractivity contribution < 1.29 is 24.2 Å². The number of aromatic nitrogens is 2. The maximum Gasteiger partial charge on any atom is 0.414 e. The van der Waals surface area contributed by atoms with Crippen molar-refractivity contribution >= 4 is 28.2 Å². The number of carboxylic acid groups (broad SMARTS) is 2. The number of carboxylic acids is 2. The van der Waals surface area contributed by atoms with Crippen LogP contribution in [0.15, 0.2) is 35.8 Å². The highest BCUT2D eigenvalue weighted by atomic mass is 32.1. The van der Waals surface area contributed by atoms with Crippen molar-refractivity contribution in [1.29, 1.82) is 0 Å². The molecule has 3 heterocycles. The molecule has 148 valence electrons. The third kappa shape index (κ3) is 4.71. The molecule has 1 aliphatic heterocycles. The Morgan fingerprint density at radius 3 is 2.39 bits per heavy atom. The summed E-state index contributed by atoms with van der Waals surface area (Å²) in [7, 11) is 0. The van der Waals surface area contributed by atoms with E-state index in [-0.39, 0.29) is 5.82 Å². The molecule has 3 aromatic rings. The fraction of sp³-hybridized carbons (Fsp3) is 0.278. The molecule has 1 fully saturated rings. The van der Waals surface area contributed by atoms with E-state index in [1.54, 1.807) is 11.3 Å². The van der Waals surface area contributed by atoms with Gasteiger partial charge in [0.2, 0.25) is 0 Å². The largest absolute Gasteiger partial charge is 0.473 e. The number of carbonyl (C=O) groups is 2. The summed E-state index contributed by atoms with van der Waals surface area (Å²) in [4.78, 5) is 26.4. The molecule has 2 aromatic heterocycles. The first-order chi connectivity index (χ1) is 13.5. The minimum Gasteiger partial charge on any atom is -0.473 e. The van der Waals surface area contributed by atoms with E-state index in [4.69, 9.17) is 24.8 Å². The van der Waals surface area contributed by atoms with Crippen LogP contribution in [0, 0.1) is 5.82 Å². The number of nitrogens with one attached hydrogen (secondary N) is 1. The molecule has 0 aliphatic carbocycles. The first-order valence-corrected chi connectivity index (χ1v) is 9.43. The Morgan fingerprint density at radius 1 is 1.14 bits per heavy atom. The van der Waals surface area contributed by atoms with Crippen LogP contribution < -0.4 is 5.32 Å². The van der Waals surface area contributed by atoms with Gasteiger partial charge in [0.15, 0.2) is 4.96 Å². The number of nitrogens with zero attached hydrogens (tertiary/aromatic N) is 3. The van der Waals surface area contributed by atoms with Gasteiger partial charge in [0, 0.05) is 49.9 Å². The number of hydrogen-bond donors (Lipinski definition) is 3. The Morgan fingerprint density at radius 2 is 1.79 bits per heavy atom. The maximum absolute atomic E-state index is 13.2. The van der Waals surface area contributed by atoms with Gasteiger partial charge in [0.05, 0.1) is 11.4 Å². The van der Waals surface area contributed by atoms with Crippen molar-refractivity contribution in [2.75, 3.05) is 26.2 Å². The number of piperazine rings is 1. The second-order valence-electron chi connectivity index (χ2n) is 6.11. The standard InChI is InChI=1S/C16H17FN4S.C2H2O4/c17-13-3-1-12(2-4-13)15-14(11-20-7-5-18-6-8-20)21-9-10-22-16(21)19-15;3-1(4)2(5)6/h1-4,9-10,18H,5-8,11H2;(H,3,4)(H,5,6). The number of rotatable bonds is 3. The fourth-order valence-electron chi connectivity index (χ4n) is 2.90. The molecule has 1 aromatic carbocycles. The molecule has 3 N–H and O–H groups in total. The van der Waals surface area contributed by atoms with Gasteiger partial charge in [-0.2, -0.15) is 0 Å². The Kier molecular flexibility index (Phi) is 6.34. The SMILES string of the molecule is Fc1ccc(-c2nc3sccn3c2CN2CCNCC2)cc1.O=C(O)C(=O)O. The molecule has 28 heavy (non-hydrogen) atoms. The molecule has 0 atom stereocenters. The van der Waals surface area contributed by atoms with Crippen LogP contribution >= 0.6 is 11.3 Å². The van der Waals surface area contributed by atoms with Gasteiger partial charge in [-0.15, -0.1) is 11.3 Å². The van der Waals surface area contributed by atoms with E-state index in [2.05, 4.69) is 26.2 Å². The Labute approximate surface area is 163 Å². The van der Waals surface area contributed by atoms with E-state index in [1.807, 2.05) is 12.1 Å². The summed E-state index contributed by atoms with van der Waals surface area (Å²) in [6, 6.07) is 6.61. The molecular weight excluding hydrogens is 387 g/mol. The van der Waals surface area contributed by atoms with Crippen LogP contribution in [0.25, 0.3) is 16.2 Å². The lowest BCUT2D eigenvalue weighted by atomic mass is 10.1. The monoisotopic (exact) mass is 406 g/mol.